The fourth-order valence-corrected chi connectivity index (χ4v) is 2.24. The molecule has 1 fully saturated rings. The highest BCUT2D eigenvalue weighted by molar-refractivity contribution is 5.73. The van der Waals surface area contributed by atoms with E-state index >= 15 is 0 Å². The van der Waals surface area contributed by atoms with Crippen molar-refractivity contribution in [2.24, 2.45) is 5.41 Å². The zero-order valence-electron chi connectivity index (χ0n) is 11.5. The van der Waals surface area contributed by atoms with Gasteiger partial charge >= 0.3 is 6.03 Å². The van der Waals surface area contributed by atoms with E-state index in [1.165, 1.54) is 19.3 Å². The second kappa shape index (κ2) is 7.59. The van der Waals surface area contributed by atoms with Gasteiger partial charge in [0.05, 0.1) is 6.10 Å². The maximum atomic E-state index is 11.5. The van der Waals surface area contributed by atoms with E-state index in [0.717, 1.165) is 19.6 Å². The summed E-state index contributed by atoms with van der Waals surface area (Å²) >= 11 is 0. The normalized spacial score (nSPS) is 18.8. The number of methoxy groups -OCH3 is 1. The van der Waals surface area contributed by atoms with Crippen LogP contribution in [0.1, 0.15) is 39.0 Å². The standard InChI is InChI=1S/C13H26N2O3/c1-11(16)4-8-14-12(17)15-10-13(5-3-6-13)7-9-18-2/h11,16H,3-10H2,1-2H3,(H2,14,15,17). The third-order valence-electron chi connectivity index (χ3n) is 3.72. The number of aliphatic hydroxyl groups is 1. The zero-order chi connectivity index (χ0) is 13.4. The molecule has 3 N–H and O–H groups in total. The molecule has 18 heavy (non-hydrogen) atoms. The van der Waals surface area contributed by atoms with Gasteiger partial charge in [0.2, 0.25) is 0 Å². The quantitative estimate of drug-likeness (QED) is 0.614. The smallest absolute Gasteiger partial charge is 0.314 e. The predicted octanol–water partition coefficient (Wildman–Crippen LogP) is 1.26. The number of carbonyl (C=O) groups is 1. The van der Waals surface area contributed by atoms with Crippen LogP contribution in [0.4, 0.5) is 4.79 Å². The zero-order valence-corrected chi connectivity index (χ0v) is 11.5. The molecule has 1 rings (SSSR count). The summed E-state index contributed by atoms with van der Waals surface area (Å²) in [5, 5.41) is 14.8. The highest BCUT2D eigenvalue weighted by atomic mass is 16.5. The third-order valence-corrected chi connectivity index (χ3v) is 3.72. The molecule has 1 saturated carbocycles. The van der Waals surface area contributed by atoms with Gasteiger partial charge in [-0.15, -0.1) is 0 Å². The van der Waals surface area contributed by atoms with Crippen LogP contribution in [-0.4, -0.2) is 44.0 Å². The number of aliphatic hydroxyl groups excluding tert-OH is 1. The molecule has 0 aromatic carbocycles. The average molecular weight is 258 g/mol. The van der Waals surface area contributed by atoms with Crippen molar-refractivity contribution < 1.29 is 14.6 Å². The minimum Gasteiger partial charge on any atom is -0.393 e. The van der Waals surface area contributed by atoms with E-state index in [-0.39, 0.29) is 17.6 Å². The van der Waals surface area contributed by atoms with Crippen molar-refractivity contribution in [3.8, 4) is 0 Å². The van der Waals surface area contributed by atoms with Gasteiger partial charge in [0.25, 0.3) is 0 Å². The monoisotopic (exact) mass is 258 g/mol. The highest BCUT2D eigenvalue weighted by Gasteiger charge is 2.36. The lowest BCUT2D eigenvalue weighted by Crippen LogP contribution is -2.46. The van der Waals surface area contributed by atoms with Crippen molar-refractivity contribution in [3.63, 3.8) is 0 Å². The summed E-state index contributed by atoms with van der Waals surface area (Å²) in [4.78, 5) is 11.5. The van der Waals surface area contributed by atoms with Crippen LogP contribution in [0.3, 0.4) is 0 Å². The summed E-state index contributed by atoms with van der Waals surface area (Å²) in [6, 6.07) is -0.139. The van der Waals surface area contributed by atoms with Gasteiger partial charge in [0.15, 0.2) is 0 Å². The SMILES string of the molecule is COCCC1(CNC(=O)NCCC(C)O)CCC1. The Hall–Kier alpha value is -0.810. The topological polar surface area (TPSA) is 70.6 Å². The third kappa shape index (κ3) is 5.23. The van der Waals surface area contributed by atoms with Crippen LogP contribution in [0.2, 0.25) is 0 Å². The molecule has 0 heterocycles. The molecule has 0 spiro atoms. The van der Waals surface area contributed by atoms with E-state index in [1.807, 2.05) is 0 Å². The number of carbonyl (C=O) groups excluding carboxylic acids is 1. The Morgan fingerprint density at radius 3 is 2.67 bits per heavy atom. The average Bonchev–Trinajstić information content (AvgIpc) is 2.27. The number of amides is 2. The molecule has 0 radical (unpaired) electrons. The Balaban J connectivity index is 2.15. The fourth-order valence-electron chi connectivity index (χ4n) is 2.24. The van der Waals surface area contributed by atoms with Gasteiger partial charge in [-0.3, -0.25) is 0 Å². The predicted molar refractivity (Wildman–Crippen MR) is 70.5 cm³/mol. The summed E-state index contributed by atoms with van der Waals surface area (Å²) in [6.07, 6.45) is 4.81. The number of nitrogens with one attached hydrogen (secondary N) is 2. The van der Waals surface area contributed by atoms with Crippen LogP contribution in [0.15, 0.2) is 0 Å². The van der Waals surface area contributed by atoms with E-state index in [2.05, 4.69) is 10.6 Å². The number of ether oxygens (including phenoxy) is 1. The molecule has 1 unspecified atom stereocenters. The van der Waals surface area contributed by atoms with Gasteiger partial charge in [-0.2, -0.15) is 0 Å². The lowest BCUT2D eigenvalue weighted by Gasteiger charge is -2.42. The van der Waals surface area contributed by atoms with E-state index in [0.29, 0.717) is 13.0 Å². The molecule has 1 atom stereocenters. The van der Waals surface area contributed by atoms with Gasteiger partial charge in [0, 0.05) is 26.8 Å². The minimum absolute atomic E-state index is 0.139. The van der Waals surface area contributed by atoms with Crippen LogP contribution < -0.4 is 10.6 Å². The van der Waals surface area contributed by atoms with Gasteiger partial charge in [-0.05, 0) is 38.0 Å². The first-order chi connectivity index (χ1) is 8.58. The van der Waals surface area contributed by atoms with Gasteiger partial charge in [-0.25, -0.2) is 4.79 Å². The molecule has 1 aliphatic carbocycles. The largest absolute Gasteiger partial charge is 0.393 e. The summed E-state index contributed by atoms with van der Waals surface area (Å²) in [5.74, 6) is 0. The van der Waals surface area contributed by atoms with Crippen LogP contribution in [0, 0.1) is 5.41 Å². The lowest BCUT2D eigenvalue weighted by atomic mass is 9.67. The molecule has 0 aromatic rings. The van der Waals surface area contributed by atoms with E-state index < -0.39 is 0 Å². The molecular weight excluding hydrogens is 232 g/mol. The molecule has 2 amide bonds. The number of urea groups is 1. The number of rotatable bonds is 8. The fraction of sp³-hybridized carbons (Fsp3) is 0.923. The summed E-state index contributed by atoms with van der Waals surface area (Å²) < 4.78 is 5.12. The molecular formula is C13H26N2O3. The maximum Gasteiger partial charge on any atom is 0.314 e. The van der Waals surface area contributed by atoms with Crippen molar-refractivity contribution in [2.75, 3.05) is 26.8 Å². The van der Waals surface area contributed by atoms with Crippen LogP contribution >= 0.6 is 0 Å². The number of hydrogen-bond donors (Lipinski definition) is 3. The second-order valence-electron chi connectivity index (χ2n) is 5.34. The Kier molecular flexibility index (Phi) is 6.43. The van der Waals surface area contributed by atoms with Crippen LogP contribution in [0.5, 0.6) is 0 Å². The maximum absolute atomic E-state index is 11.5. The number of hydrogen-bond acceptors (Lipinski definition) is 3. The molecule has 5 nitrogen and oxygen atoms in total. The Bertz CT molecular complexity index is 253. The summed E-state index contributed by atoms with van der Waals surface area (Å²) in [7, 11) is 1.71. The van der Waals surface area contributed by atoms with Crippen molar-refractivity contribution in [2.45, 2.75) is 45.1 Å². The van der Waals surface area contributed by atoms with E-state index in [1.54, 1.807) is 14.0 Å². The highest BCUT2D eigenvalue weighted by Crippen LogP contribution is 2.43. The van der Waals surface area contributed by atoms with E-state index in [4.69, 9.17) is 9.84 Å². The molecule has 0 aliphatic heterocycles. The summed E-state index contributed by atoms with van der Waals surface area (Å²) in [5.41, 5.74) is 0.248. The molecule has 0 saturated heterocycles. The Labute approximate surface area is 109 Å². The van der Waals surface area contributed by atoms with Crippen molar-refractivity contribution in [1.29, 1.82) is 0 Å². The van der Waals surface area contributed by atoms with Crippen LogP contribution in [-0.2, 0) is 4.74 Å². The Morgan fingerprint density at radius 2 is 2.17 bits per heavy atom. The first-order valence-corrected chi connectivity index (χ1v) is 6.77. The van der Waals surface area contributed by atoms with Crippen LogP contribution in [0.25, 0.3) is 0 Å². The van der Waals surface area contributed by atoms with Crippen molar-refractivity contribution in [1.82, 2.24) is 10.6 Å². The molecule has 5 heteroatoms. The molecule has 0 bridgehead atoms. The molecule has 1 aliphatic rings. The first kappa shape index (κ1) is 15.2. The van der Waals surface area contributed by atoms with Gasteiger partial charge < -0.3 is 20.5 Å². The van der Waals surface area contributed by atoms with E-state index in [9.17, 15) is 4.79 Å². The van der Waals surface area contributed by atoms with Gasteiger partial charge in [0.1, 0.15) is 0 Å². The van der Waals surface area contributed by atoms with Gasteiger partial charge in [-0.1, -0.05) is 6.42 Å². The second-order valence-corrected chi connectivity index (χ2v) is 5.34. The lowest BCUT2D eigenvalue weighted by molar-refractivity contribution is 0.0711. The first-order valence-electron chi connectivity index (χ1n) is 6.77. The van der Waals surface area contributed by atoms with Crippen molar-refractivity contribution in [3.05, 3.63) is 0 Å². The molecule has 106 valence electrons. The Morgan fingerprint density at radius 1 is 1.44 bits per heavy atom. The minimum atomic E-state index is -0.370. The molecule has 0 aromatic heterocycles. The van der Waals surface area contributed by atoms with Crippen molar-refractivity contribution >= 4 is 6.03 Å². The summed E-state index contributed by atoms with van der Waals surface area (Å²) in [6.45, 7) is 3.70.